The molecule has 0 aliphatic rings. The second-order valence-electron chi connectivity index (χ2n) is 6.21. The number of nitro groups is 1. The third-order valence-electron chi connectivity index (χ3n) is 4.10. The van der Waals surface area contributed by atoms with Gasteiger partial charge in [0.1, 0.15) is 0 Å². The van der Waals surface area contributed by atoms with Crippen LogP contribution in [0.5, 0.6) is 0 Å². The predicted octanol–water partition coefficient (Wildman–Crippen LogP) is 3.56. The lowest BCUT2D eigenvalue weighted by Crippen LogP contribution is -2.21. The van der Waals surface area contributed by atoms with Crippen LogP contribution < -0.4 is 5.32 Å². The highest BCUT2D eigenvalue weighted by Gasteiger charge is 2.16. The topological polar surface area (TPSA) is 111 Å². The average molecular weight is 379 g/mol. The summed E-state index contributed by atoms with van der Waals surface area (Å²) in [4.78, 5) is 39.3. The molecule has 1 amide bonds. The summed E-state index contributed by atoms with van der Waals surface area (Å²) in [5.41, 5.74) is 2.44. The number of aryl methyl sites for hydroxylation is 2. The number of amides is 1. The summed E-state index contributed by atoms with van der Waals surface area (Å²) in [6.45, 7) is 2.95. The van der Waals surface area contributed by atoms with Crippen molar-refractivity contribution in [3.8, 4) is 0 Å². The summed E-state index contributed by atoms with van der Waals surface area (Å²) in [6.07, 6.45) is 0. The zero-order valence-corrected chi connectivity index (χ0v) is 15.3. The van der Waals surface area contributed by atoms with Crippen LogP contribution in [0.2, 0.25) is 0 Å². The Bertz CT molecular complexity index is 1090. The molecule has 0 aliphatic heterocycles. The van der Waals surface area contributed by atoms with Gasteiger partial charge in [0.25, 0.3) is 11.6 Å². The number of carbonyl (C=O) groups is 2. The van der Waals surface area contributed by atoms with Gasteiger partial charge in [-0.1, -0.05) is 24.3 Å². The number of nitro benzene ring substituents is 1. The number of non-ortho nitro benzene ring substituents is 1. The number of rotatable bonds is 5. The highest BCUT2D eigenvalue weighted by atomic mass is 16.6. The molecule has 0 spiro atoms. The molecule has 8 heteroatoms. The summed E-state index contributed by atoms with van der Waals surface area (Å²) in [6, 6.07) is 12.9. The van der Waals surface area contributed by atoms with Crippen LogP contribution in [0.1, 0.15) is 21.6 Å². The van der Waals surface area contributed by atoms with E-state index < -0.39 is 23.4 Å². The van der Waals surface area contributed by atoms with Crippen LogP contribution in [0.3, 0.4) is 0 Å². The maximum Gasteiger partial charge on any atom is 0.339 e. The van der Waals surface area contributed by atoms with Crippen LogP contribution in [0.15, 0.2) is 48.5 Å². The Balaban J connectivity index is 1.71. The molecule has 0 unspecified atom stereocenters. The molecule has 0 aliphatic carbocycles. The van der Waals surface area contributed by atoms with Gasteiger partial charge in [-0.2, -0.15) is 0 Å². The Morgan fingerprint density at radius 1 is 1.14 bits per heavy atom. The van der Waals surface area contributed by atoms with Gasteiger partial charge in [-0.15, -0.1) is 0 Å². The first-order valence-electron chi connectivity index (χ1n) is 8.43. The van der Waals surface area contributed by atoms with Gasteiger partial charge in [-0.05, 0) is 31.5 Å². The summed E-state index contributed by atoms with van der Waals surface area (Å²) >= 11 is 0. The first-order valence-corrected chi connectivity index (χ1v) is 8.43. The molecular formula is C20H17N3O5. The molecule has 8 nitrogen and oxygen atoms in total. The Hall–Kier alpha value is -3.81. The largest absolute Gasteiger partial charge is 0.452 e. The Morgan fingerprint density at radius 3 is 2.64 bits per heavy atom. The third-order valence-corrected chi connectivity index (χ3v) is 4.10. The SMILES string of the molecule is Cc1cc(C(=O)OCC(=O)Nc2cc([N+](=O)[O-])ccc2C)c2ccccc2n1. The average Bonchev–Trinajstić information content (AvgIpc) is 2.67. The van der Waals surface area contributed by atoms with E-state index in [1.807, 2.05) is 6.07 Å². The van der Waals surface area contributed by atoms with Crippen molar-refractivity contribution in [1.29, 1.82) is 0 Å². The molecule has 0 atom stereocenters. The Kier molecular flexibility index (Phi) is 5.30. The fourth-order valence-electron chi connectivity index (χ4n) is 2.73. The molecule has 142 valence electrons. The highest BCUT2D eigenvalue weighted by Crippen LogP contribution is 2.22. The number of nitrogens with zero attached hydrogens (tertiary/aromatic N) is 2. The molecule has 0 radical (unpaired) electrons. The second kappa shape index (κ2) is 7.83. The zero-order valence-electron chi connectivity index (χ0n) is 15.3. The van der Waals surface area contributed by atoms with Crippen LogP contribution in [0, 0.1) is 24.0 Å². The second-order valence-corrected chi connectivity index (χ2v) is 6.21. The van der Waals surface area contributed by atoms with Crippen molar-refractivity contribution in [2.75, 3.05) is 11.9 Å². The monoisotopic (exact) mass is 379 g/mol. The summed E-state index contributed by atoms with van der Waals surface area (Å²) in [5, 5.41) is 14.0. The van der Waals surface area contributed by atoms with Crippen molar-refractivity contribution in [2.24, 2.45) is 0 Å². The fraction of sp³-hybridized carbons (Fsp3) is 0.150. The van der Waals surface area contributed by atoms with E-state index in [2.05, 4.69) is 10.3 Å². The molecule has 1 aromatic heterocycles. The molecule has 0 fully saturated rings. The molecule has 2 aromatic carbocycles. The van der Waals surface area contributed by atoms with Gasteiger partial charge in [0.05, 0.1) is 21.7 Å². The van der Waals surface area contributed by atoms with E-state index in [0.29, 0.717) is 33.4 Å². The number of esters is 1. The predicted molar refractivity (Wildman–Crippen MR) is 103 cm³/mol. The van der Waals surface area contributed by atoms with E-state index in [4.69, 9.17) is 4.74 Å². The van der Waals surface area contributed by atoms with E-state index in [-0.39, 0.29) is 5.69 Å². The fourth-order valence-corrected chi connectivity index (χ4v) is 2.73. The van der Waals surface area contributed by atoms with Gasteiger partial charge in [0.15, 0.2) is 6.61 Å². The number of benzene rings is 2. The summed E-state index contributed by atoms with van der Waals surface area (Å²) in [7, 11) is 0. The number of para-hydroxylation sites is 1. The van der Waals surface area contributed by atoms with Crippen molar-refractivity contribution < 1.29 is 19.2 Å². The van der Waals surface area contributed by atoms with Gasteiger partial charge in [-0.25, -0.2) is 4.79 Å². The number of hydrogen-bond acceptors (Lipinski definition) is 6. The summed E-state index contributed by atoms with van der Waals surface area (Å²) < 4.78 is 5.13. The molecule has 0 saturated carbocycles. The highest BCUT2D eigenvalue weighted by molar-refractivity contribution is 6.04. The maximum absolute atomic E-state index is 12.5. The number of aromatic nitrogens is 1. The smallest absolute Gasteiger partial charge is 0.339 e. The minimum atomic E-state index is -0.646. The minimum absolute atomic E-state index is 0.142. The number of fused-ring (bicyclic) bond motifs is 1. The van der Waals surface area contributed by atoms with Crippen molar-refractivity contribution in [2.45, 2.75) is 13.8 Å². The van der Waals surface area contributed by atoms with Crippen LogP contribution in [-0.2, 0) is 9.53 Å². The van der Waals surface area contributed by atoms with Gasteiger partial charge in [-0.3, -0.25) is 19.9 Å². The van der Waals surface area contributed by atoms with Crippen LogP contribution >= 0.6 is 0 Å². The van der Waals surface area contributed by atoms with Crippen molar-refractivity contribution >= 4 is 34.2 Å². The van der Waals surface area contributed by atoms with E-state index in [1.54, 1.807) is 38.1 Å². The van der Waals surface area contributed by atoms with Gasteiger partial charge < -0.3 is 10.1 Å². The van der Waals surface area contributed by atoms with Gasteiger partial charge in [0, 0.05) is 23.2 Å². The number of ether oxygens (including phenoxy) is 1. The number of pyridine rings is 1. The lowest BCUT2D eigenvalue weighted by atomic mass is 10.1. The third kappa shape index (κ3) is 4.12. The molecular weight excluding hydrogens is 362 g/mol. The van der Waals surface area contributed by atoms with E-state index >= 15 is 0 Å². The minimum Gasteiger partial charge on any atom is -0.452 e. The quantitative estimate of drug-likeness (QED) is 0.412. The van der Waals surface area contributed by atoms with E-state index in [0.717, 1.165) is 0 Å². The number of nitrogens with one attached hydrogen (secondary N) is 1. The number of hydrogen-bond donors (Lipinski definition) is 1. The van der Waals surface area contributed by atoms with E-state index in [9.17, 15) is 19.7 Å². The molecule has 0 bridgehead atoms. The number of carbonyl (C=O) groups excluding carboxylic acids is 2. The van der Waals surface area contributed by atoms with Crippen molar-refractivity contribution in [1.82, 2.24) is 4.98 Å². The standard InChI is InChI=1S/C20H17N3O5/c1-12-7-8-14(23(26)27)10-18(12)22-19(24)11-28-20(25)16-9-13(2)21-17-6-4-3-5-15(16)17/h3-10H,11H2,1-2H3,(H,22,24). The lowest BCUT2D eigenvalue weighted by Gasteiger charge is -2.10. The Morgan fingerprint density at radius 2 is 1.89 bits per heavy atom. The lowest BCUT2D eigenvalue weighted by molar-refractivity contribution is -0.384. The van der Waals surface area contributed by atoms with Crippen LogP contribution in [0.25, 0.3) is 10.9 Å². The van der Waals surface area contributed by atoms with Gasteiger partial charge >= 0.3 is 5.97 Å². The van der Waals surface area contributed by atoms with E-state index in [1.165, 1.54) is 18.2 Å². The first kappa shape index (κ1) is 19.0. The molecule has 28 heavy (non-hydrogen) atoms. The molecule has 3 rings (SSSR count). The zero-order chi connectivity index (χ0) is 20.3. The maximum atomic E-state index is 12.5. The van der Waals surface area contributed by atoms with Crippen LogP contribution in [0.4, 0.5) is 11.4 Å². The van der Waals surface area contributed by atoms with Gasteiger partial charge in [0.2, 0.25) is 0 Å². The molecule has 1 N–H and O–H groups in total. The number of anilines is 1. The summed E-state index contributed by atoms with van der Waals surface area (Å²) in [5.74, 6) is -1.24. The first-order chi connectivity index (χ1) is 13.3. The van der Waals surface area contributed by atoms with Crippen LogP contribution in [-0.4, -0.2) is 28.4 Å². The molecule has 0 saturated heterocycles. The van der Waals surface area contributed by atoms with Crippen molar-refractivity contribution in [3.05, 3.63) is 75.5 Å². The van der Waals surface area contributed by atoms with Crippen molar-refractivity contribution in [3.63, 3.8) is 0 Å². The molecule has 1 heterocycles. The normalized spacial score (nSPS) is 10.5. The molecule has 3 aromatic rings. The Labute approximate surface area is 160 Å².